The highest BCUT2D eigenvalue weighted by Gasteiger charge is 2.74. The van der Waals surface area contributed by atoms with Crippen molar-refractivity contribution in [1.29, 1.82) is 0 Å². The highest BCUT2D eigenvalue weighted by molar-refractivity contribution is 7.90. The first-order valence-corrected chi connectivity index (χ1v) is 18.9. The lowest BCUT2D eigenvalue weighted by Crippen LogP contribution is -2.26. The Bertz CT molecular complexity index is 2400. The van der Waals surface area contributed by atoms with E-state index in [-0.39, 0.29) is 4.90 Å². The number of nitrogens with zero attached hydrogens (tertiary/aromatic N) is 1. The molecule has 5 nitrogen and oxygen atoms in total. The number of hydrogen-bond donors (Lipinski definition) is 0. The first-order chi connectivity index (χ1) is 25.2. The van der Waals surface area contributed by atoms with Gasteiger partial charge in [0.05, 0.1) is 4.90 Å². The molecule has 1 fully saturated rings. The van der Waals surface area contributed by atoms with Gasteiger partial charge in [0.2, 0.25) is 0 Å². The summed E-state index contributed by atoms with van der Waals surface area (Å²) in [6.07, 6.45) is 3.53. The third kappa shape index (κ3) is 5.56. The summed E-state index contributed by atoms with van der Waals surface area (Å²) in [5, 5.41) is 0. The van der Waals surface area contributed by atoms with E-state index in [1.165, 1.54) is 3.97 Å². The van der Waals surface area contributed by atoms with Crippen LogP contribution in [-0.2, 0) is 32.6 Å². The van der Waals surface area contributed by atoms with Crippen molar-refractivity contribution in [2.45, 2.75) is 43.5 Å². The first-order valence-electron chi connectivity index (χ1n) is 17.4. The quantitative estimate of drug-likeness (QED) is 0.133. The molecule has 6 aromatic carbocycles. The summed E-state index contributed by atoms with van der Waals surface area (Å²) in [6, 6.07) is 51.7. The van der Waals surface area contributed by atoms with Crippen LogP contribution in [0.2, 0.25) is 0 Å². The average Bonchev–Trinajstić information content (AvgIpc) is 3.70. The average molecular weight is 702 g/mol. The van der Waals surface area contributed by atoms with Crippen molar-refractivity contribution < 1.29 is 17.9 Å². The molecular weight excluding hydrogens is 663 g/mol. The third-order valence-corrected chi connectivity index (χ3v) is 11.8. The Balaban J connectivity index is 1.38. The molecule has 0 bridgehead atoms. The largest absolute Gasteiger partial charge is 0.489 e. The Hall–Kier alpha value is -5.69. The number of aryl methyl sites for hydroxylation is 3. The van der Waals surface area contributed by atoms with Gasteiger partial charge in [-0.15, -0.1) is 0 Å². The van der Waals surface area contributed by atoms with E-state index in [2.05, 4.69) is 50.2 Å². The molecule has 1 aliphatic rings. The predicted octanol–water partition coefficient (Wildman–Crippen LogP) is 10.1. The smallest absolute Gasteiger partial charge is 0.267 e. The maximum absolute atomic E-state index is 14.4. The van der Waals surface area contributed by atoms with Crippen LogP contribution in [0, 0.1) is 20.8 Å². The van der Waals surface area contributed by atoms with E-state index in [0.29, 0.717) is 6.61 Å². The lowest BCUT2D eigenvalue weighted by Gasteiger charge is -2.24. The summed E-state index contributed by atoms with van der Waals surface area (Å²) < 4.78 is 43.8. The molecule has 0 aliphatic carbocycles. The fraction of sp³-hybridized carbons (Fsp3) is 0.130. The summed E-state index contributed by atoms with van der Waals surface area (Å²) in [6.45, 7) is 6.52. The Labute approximate surface area is 305 Å². The monoisotopic (exact) mass is 701 g/mol. The molecule has 1 unspecified atom stereocenters. The molecule has 0 saturated carbocycles. The second-order valence-corrected chi connectivity index (χ2v) is 15.3. The van der Waals surface area contributed by atoms with Gasteiger partial charge < -0.3 is 9.47 Å². The van der Waals surface area contributed by atoms with Crippen molar-refractivity contribution in [1.82, 2.24) is 3.97 Å². The topological polar surface area (TPSA) is 60.8 Å². The Morgan fingerprint density at radius 2 is 1.12 bits per heavy atom. The van der Waals surface area contributed by atoms with Gasteiger partial charge in [0.25, 0.3) is 10.0 Å². The van der Waals surface area contributed by atoms with E-state index in [4.69, 9.17) is 9.47 Å². The summed E-state index contributed by atoms with van der Waals surface area (Å²) in [4.78, 5) is 0.218. The van der Waals surface area contributed by atoms with E-state index in [1.807, 2.05) is 116 Å². The lowest BCUT2D eigenvalue weighted by molar-refractivity contribution is 0.298. The maximum atomic E-state index is 14.4. The van der Waals surface area contributed by atoms with Crippen molar-refractivity contribution in [2.24, 2.45) is 0 Å². The van der Waals surface area contributed by atoms with Crippen molar-refractivity contribution in [3.05, 3.63) is 215 Å². The van der Waals surface area contributed by atoms with Gasteiger partial charge in [0, 0.05) is 23.5 Å². The lowest BCUT2D eigenvalue weighted by atomic mass is 9.72. The maximum Gasteiger partial charge on any atom is 0.267 e. The van der Waals surface area contributed by atoms with Crippen molar-refractivity contribution >= 4 is 10.0 Å². The molecule has 1 aromatic heterocycles. The van der Waals surface area contributed by atoms with Crippen LogP contribution in [-0.4, -0.2) is 12.4 Å². The second kappa shape index (κ2) is 13.1. The molecule has 0 radical (unpaired) electrons. The van der Waals surface area contributed by atoms with Crippen molar-refractivity contribution in [3.63, 3.8) is 0 Å². The number of benzene rings is 6. The van der Waals surface area contributed by atoms with Crippen molar-refractivity contribution in [3.8, 4) is 16.9 Å². The first kappa shape index (κ1) is 33.5. The fourth-order valence-corrected chi connectivity index (χ4v) is 8.76. The van der Waals surface area contributed by atoms with Crippen LogP contribution in [0.15, 0.2) is 175 Å². The highest BCUT2D eigenvalue weighted by atomic mass is 32.2. The zero-order valence-corrected chi connectivity index (χ0v) is 30.2. The van der Waals surface area contributed by atoms with E-state index < -0.39 is 21.2 Å². The fourth-order valence-electron chi connectivity index (χ4n) is 7.55. The molecule has 1 aliphatic heterocycles. The zero-order valence-electron chi connectivity index (χ0n) is 29.4. The molecule has 0 N–H and O–H groups in total. The molecule has 8 rings (SSSR count). The van der Waals surface area contributed by atoms with E-state index in [9.17, 15) is 8.42 Å². The van der Waals surface area contributed by atoms with E-state index in [0.717, 1.165) is 61.4 Å². The van der Waals surface area contributed by atoms with Crippen LogP contribution in [0.5, 0.6) is 5.75 Å². The summed E-state index contributed by atoms with van der Waals surface area (Å²) in [5.41, 5.74) is 7.38. The van der Waals surface area contributed by atoms with Gasteiger partial charge >= 0.3 is 0 Å². The standard InChI is InChI=1S/C46H39NO4S/c1-33-22-28-41(29-23-33)52(48,49)47-30-42(44-34(2)14-13-15-35(44)3)43(31-47)46(39-24-26-40(27-25-39)50-32-36-16-7-4-8-17-36)45(51-46,37-18-9-5-10-19-37)38-20-11-6-12-21-38/h4-31H,32H2,1-3H3. The van der Waals surface area contributed by atoms with Crippen molar-refractivity contribution in [2.75, 3.05) is 0 Å². The van der Waals surface area contributed by atoms with Gasteiger partial charge in [-0.05, 0) is 84.0 Å². The summed E-state index contributed by atoms with van der Waals surface area (Å²) >= 11 is 0. The van der Waals surface area contributed by atoms with Gasteiger partial charge in [-0.3, -0.25) is 0 Å². The number of epoxide rings is 1. The van der Waals surface area contributed by atoms with Crippen LogP contribution >= 0.6 is 0 Å². The molecule has 1 atom stereocenters. The summed E-state index contributed by atoms with van der Waals surface area (Å²) in [7, 11) is -3.97. The minimum atomic E-state index is -3.97. The van der Waals surface area contributed by atoms with E-state index in [1.54, 1.807) is 24.5 Å². The Kier molecular flexibility index (Phi) is 8.45. The molecule has 258 valence electrons. The van der Waals surface area contributed by atoms with E-state index >= 15 is 0 Å². The van der Waals surface area contributed by atoms with Gasteiger partial charge in [0.15, 0.2) is 11.2 Å². The van der Waals surface area contributed by atoms with Gasteiger partial charge in [-0.25, -0.2) is 12.4 Å². The number of hydrogen-bond acceptors (Lipinski definition) is 4. The van der Waals surface area contributed by atoms with Crippen LogP contribution < -0.4 is 4.74 Å². The Morgan fingerprint density at radius 1 is 0.577 bits per heavy atom. The third-order valence-electron chi connectivity index (χ3n) is 10.2. The van der Waals surface area contributed by atoms with Crippen LogP contribution in [0.3, 0.4) is 0 Å². The Morgan fingerprint density at radius 3 is 1.69 bits per heavy atom. The van der Waals surface area contributed by atoms with Gasteiger partial charge in [-0.1, -0.05) is 139 Å². The van der Waals surface area contributed by atoms with Gasteiger partial charge in [-0.2, -0.15) is 0 Å². The molecule has 6 heteroatoms. The molecule has 0 spiro atoms. The minimum absolute atomic E-state index is 0.218. The minimum Gasteiger partial charge on any atom is -0.489 e. The summed E-state index contributed by atoms with van der Waals surface area (Å²) in [5.74, 6) is 0.725. The highest BCUT2D eigenvalue weighted by Crippen LogP contribution is 2.70. The number of ether oxygens (including phenoxy) is 2. The number of aromatic nitrogens is 1. The molecule has 2 heterocycles. The zero-order chi connectivity index (χ0) is 35.9. The molecule has 7 aromatic rings. The predicted molar refractivity (Wildman–Crippen MR) is 206 cm³/mol. The molecule has 1 saturated heterocycles. The van der Waals surface area contributed by atoms with Crippen LogP contribution in [0.4, 0.5) is 0 Å². The van der Waals surface area contributed by atoms with Crippen LogP contribution in [0.25, 0.3) is 11.1 Å². The molecule has 52 heavy (non-hydrogen) atoms. The second-order valence-electron chi connectivity index (χ2n) is 13.5. The normalized spacial score (nSPS) is 16.4. The van der Waals surface area contributed by atoms with Crippen LogP contribution in [0.1, 0.15) is 44.5 Å². The SMILES string of the molecule is Cc1ccc(S(=O)(=O)n2cc(-c3c(C)cccc3C)c(C3(c4ccc(OCc5ccccc5)cc4)OC3(c3ccccc3)c3ccccc3)c2)cc1. The number of rotatable bonds is 10. The molecular formula is C46H39NO4S. The van der Waals surface area contributed by atoms with Gasteiger partial charge in [0.1, 0.15) is 12.4 Å². The molecule has 0 amide bonds.